The first kappa shape index (κ1) is 13.1. The molecule has 1 aromatic heterocycles. The zero-order valence-corrected chi connectivity index (χ0v) is 11.0. The standard InChI is InChI=1S/C13H20N2O3/c1-9-10(2)18-12(14-9)8-15-6-4-3-5-11(15)7-13(16)17/h11H,3-8H2,1-2H3,(H,16,17). The number of aliphatic carboxylic acids is 1. The fourth-order valence-corrected chi connectivity index (χ4v) is 2.48. The second-order valence-electron chi connectivity index (χ2n) is 4.97. The summed E-state index contributed by atoms with van der Waals surface area (Å²) < 4.78 is 5.57. The van der Waals surface area contributed by atoms with Gasteiger partial charge in [-0.2, -0.15) is 0 Å². The maximum absolute atomic E-state index is 10.9. The normalized spacial score (nSPS) is 21.1. The van der Waals surface area contributed by atoms with E-state index in [1.165, 1.54) is 0 Å². The zero-order valence-electron chi connectivity index (χ0n) is 11.0. The Kier molecular flexibility index (Phi) is 4.01. The van der Waals surface area contributed by atoms with Crippen molar-refractivity contribution in [3.63, 3.8) is 0 Å². The molecular formula is C13H20N2O3. The van der Waals surface area contributed by atoms with Gasteiger partial charge >= 0.3 is 5.97 Å². The van der Waals surface area contributed by atoms with E-state index in [0.717, 1.165) is 37.3 Å². The van der Waals surface area contributed by atoms with Crippen molar-refractivity contribution in [1.82, 2.24) is 9.88 Å². The summed E-state index contributed by atoms with van der Waals surface area (Å²) in [6.45, 7) is 5.37. The van der Waals surface area contributed by atoms with Crippen molar-refractivity contribution in [2.75, 3.05) is 6.54 Å². The molecule has 2 heterocycles. The number of aromatic nitrogens is 1. The number of oxazole rings is 1. The van der Waals surface area contributed by atoms with Crippen LogP contribution in [0.3, 0.4) is 0 Å². The number of carboxylic acid groups (broad SMARTS) is 1. The number of hydrogen-bond acceptors (Lipinski definition) is 4. The molecule has 5 nitrogen and oxygen atoms in total. The number of likely N-dealkylation sites (tertiary alicyclic amines) is 1. The number of carbonyl (C=O) groups is 1. The molecule has 100 valence electrons. The van der Waals surface area contributed by atoms with Gasteiger partial charge in [0.05, 0.1) is 18.7 Å². The van der Waals surface area contributed by atoms with Crippen LogP contribution in [0.5, 0.6) is 0 Å². The highest BCUT2D eigenvalue weighted by Gasteiger charge is 2.25. The number of carboxylic acids is 1. The van der Waals surface area contributed by atoms with Gasteiger partial charge in [0.1, 0.15) is 5.76 Å². The molecule has 0 radical (unpaired) electrons. The number of nitrogens with zero attached hydrogens (tertiary/aromatic N) is 2. The van der Waals surface area contributed by atoms with E-state index in [9.17, 15) is 4.79 Å². The second kappa shape index (κ2) is 5.52. The Bertz CT molecular complexity index is 408. The molecule has 2 rings (SSSR count). The minimum absolute atomic E-state index is 0.115. The fraction of sp³-hybridized carbons (Fsp3) is 0.692. The average molecular weight is 252 g/mol. The highest BCUT2D eigenvalue weighted by molar-refractivity contribution is 5.67. The maximum atomic E-state index is 10.9. The van der Waals surface area contributed by atoms with Crippen LogP contribution in [0, 0.1) is 13.8 Å². The van der Waals surface area contributed by atoms with Gasteiger partial charge in [-0.3, -0.25) is 9.69 Å². The molecule has 1 fully saturated rings. The van der Waals surface area contributed by atoms with Gasteiger partial charge in [-0.1, -0.05) is 6.42 Å². The number of hydrogen-bond donors (Lipinski definition) is 1. The predicted molar refractivity (Wildman–Crippen MR) is 66.3 cm³/mol. The summed E-state index contributed by atoms with van der Waals surface area (Å²) in [7, 11) is 0. The van der Waals surface area contributed by atoms with Crippen LogP contribution in [0.4, 0.5) is 0 Å². The third kappa shape index (κ3) is 3.10. The number of rotatable bonds is 4. The molecule has 1 N–H and O–H groups in total. The molecule has 0 bridgehead atoms. The lowest BCUT2D eigenvalue weighted by molar-refractivity contribution is -0.138. The first-order valence-corrected chi connectivity index (χ1v) is 6.45. The third-order valence-electron chi connectivity index (χ3n) is 3.57. The fourth-order valence-electron chi connectivity index (χ4n) is 2.48. The van der Waals surface area contributed by atoms with E-state index in [4.69, 9.17) is 9.52 Å². The van der Waals surface area contributed by atoms with Gasteiger partial charge < -0.3 is 9.52 Å². The van der Waals surface area contributed by atoms with Crippen LogP contribution in [0.1, 0.15) is 43.0 Å². The van der Waals surface area contributed by atoms with Crippen LogP contribution in [0.25, 0.3) is 0 Å². The van der Waals surface area contributed by atoms with Gasteiger partial charge in [-0.25, -0.2) is 4.98 Å². The number of piperidine rings is 1. The lowest BCUT2D eigenvalue weighted by Crippen LogP contribution is -2.40. The van der Waals surface area contributed by atoms with Gasteiger partial charge in [0.15, 0.2) is 0 Å². The Morgan fingerprint density at radius 1 is 1.50 bits per heavy atom. The first-order chi connectivity index (χ1) is 8.56. The van der Waals surface area contributed by atoms with Crippen molar-refractivity contribution >= 4 is 5.97 Å². The Balaban J connectivity index is 2.02. The van der Waals surface area contributed by atoms with Crippen LogP contribution < -0.4 is 0 Å². The Labute approximate surface area is 107 Å². The average Bonchev–Trinajstić information content (AvgIpc) is 2.60. The smallest absolute Gasteiger partial charge is 0.304 e. The minimum atomic E-state index is -0.730. The van der Waals surface area contributed by atoms with Gasteiger partial charge in [-0.15, -0.1) is 0 Å². The van der Waals surface area contributed by atoms with Crippen LogP contribution in [0.2, 0.25) is 0 Å². The Hall–Kier alpha value is -1.36. The van der Waals surface area contributed by atoms with E-state index < -0.39 is 5.97 Å². The quantitative estimate of drug-likeness (QED) is 0.889. The van der Waals surface area contributed by atoms with E-state index in [2.05, 4.69) is 9.88 Å². The minimum Gasteiger partial charge on any atom is -0.481 e. The van der Waals surface area contributed by atoms with Crippen LogP contribution >= 0.6 is 0 Å². The lowest BCUT2D eigenvalue weighted by atomic mass is 9.99. The van der Waals surface area contributed by atoms with Crippen molar-refractivity contribution in [3.8, 4) is 0 Å². The molecular weight excluding hydrogens is 232 g/mol. The largest absolute Gasteiger partial charge is 0.481 e. The summed E-state index contributed by atoms with van der Waals surface area (Å²) >= 11 is 0. The van der Waals surface area contributed by atoms with Gasteiger partial charge in [0.2, 0.25) is 5.89 Å². The highest BCUT2D eigenvalue weighted by Crippen LogP contribution is 2.22. The molecule has 18 heavy (non-hydrogen) atoms. The SMILES string of the molecule is Cc1nc(CN2CCCCC2CC(=O)O)oc1C. The van der Waals surface area contributed by atoms with Gasteiger partial charge in [-0.05, 0) is 33.2 Å². The summed E-state index contributed by atoms with van der Waals surface area (Å²) in [5.41, 5.74) is 0.914. The summed E-state index contributed by atoms with van der Waals surface area (Å²) in [4.78, 5) is 17.4. The summed E-state index contributed by atoms with van der Waals surface area (Å²) in [5, 5.41) is 8.93. The summed E-state index contributed by atoms with van der Waals surface area (Å²) in [6.07, 6.45) is 3.39. The van der Waals surface area contributed by atoms with E-state index in [-0.39, 0.29) is 12.5 Å². The monoisotopic (exact) mass is 252 g/mol. The van der Waals surface area contributed by atoms with Crippen LogP contribution in [0.15, 0.2) is 4.42 Å². The van der Waals surface area contributed by atoms with Gasteiger partial charge in [0.25, 0.3) is 0 Å². The molecule has 0 aromatic carbocycles. The third-order valence-corrected chi connectivity index (χ3v) is 3.57. The van der Waals surface area contributed by atoms with Crippen molar-refractivity contribution in [2.24, 2.45) is 0 Å². The van der Waals surface area contributed by atoms with E-state index in [1.54, 1.807) is 0 Å². The molecule has 5 heteroatoms. The van der Waals surface area contributed by atoms with Crippen molar-refractivity contribution in [2.45, 2.75) is 52.1 Å². The molecule has 1 aliphatic heterocycles. The maximum Gasteiger partial charge on any atom is 0.304 e. The Morgan fingerprint density at radius 3 is 2.89 bits per heavy atom. The highest BCUT2D eigenvalue weighted by atomic mass is 16.4. The molecule has 1 atom stereocenters. The van der Waals surface area contributed by atoms with Crippen LogP contribution in [-0.2, 0) is 11.3 Å². The topological polar surface area (TPSA) is 66.6 Å². The summed E-state index contributed by atoms with van der Waals surface area (Å²) in [5.74, 6) is 0.811. The summed E-state index contributed by atoms with van der Waals surface area (Å²) in [6, 6.07) is 0.115. The Morgan fingerprint density at radius 2 is 2.28 bits per heavy atom. The molecule has 0 amide bonds. The van der Waals surface area contributed by atoms with E-state index in [0.29, 0.717) is 12.4 Å². The van der Waals surface area contributed by atoms with Gasteiger partial charge in [0, 0.05) is 6.04 Å². The zero-order chi connectivity index (χ0) is 13.1. The first-order valence-electron chi connectivity index (χ1n) is 6.45. The van der Waals surface area contributed by atoms with Crippen molar-refractivity contribution in [1.29, 1.82) is 0 Å². The molecule has 0 aliphatic carbocycles. The molecule has 0 saturated carbocycles. The van der Waals surface area contributed by atoms with Crippen molar-refractivity contribution < 1.29 is 14.3 Å². The molecule has 1 aromatic rings. The molecule has 1 aliphatic rings. The lowest BCUT2D eigenvalue weighted by Gasteiger charge is -2.33. The second-order valence-corrected chi connectivity index (χ2v) is 4.97. The molecule has 1 saturated heterocycles. The van der Waals surface area contributed by atoms with Crippen molar-refractivity contribution in [3.05, 3.63) is 17.3 Å². The molecule has 0 spiro atoms. The van der Waals surface area contributed by atoms with E-state index in [1.807, 2.05) is 13.8 Å². The van der Waals surface area contributed by atoms with E-state index >= 15 is 0 Å². The predicted octanol–water partition coefficient (Wildman–Crippen LogP) is 2.12. The van der Waals surface area contributed by atoms with Crippen LogP contribution in [-0.4, -0.2) is 33.5 Å². The number of aryl methyl sites for hydroxylation is 2. The molecule has 1 unspecified atom stereocenters.